The van der Waals surface area contributed by atoms with Crippen molar-refractivity contribution in [1.82, 2.24) is 4.90 Å². The van der Waals surface area contributed by atoms with Crippen molar-refractivity contribution < 1.29 is 18.0 Å². The van der Waals surface area contributed by atoms with E-state index in [0.717, 1.165) is 17.0 Å². The molecule has 0 spiro atoms. The van der Waals surface area contributed by atoms with Crippen molar-refractivity contribution in [2.45, 2.75) is 17.6 Å². The van der Waals surface area contributed by atoms with Crippen LogP contribution in [0.25, 0.3) is 0 Å². The maximum absolute atomic E-state index is 12.5. The number of benzene rings is 2. The van der Waals surface area contributed by atoms with Crippen molar-refractivity contribution in [3.63, 3.8) is 0 Å². The number of carbonyl (C=O) groups excluding carboxylic acids is 1. The Morgan fingerprint density at radius 3 is 2.26 bits per heavy atom. The van der Waals surface area contributed by atoms with Crippen LogP contribution in [0.3, 0.4) is 0 Å². The maximum atomic E-state index is 12.5. The molecule has 0 fully saturated rings. The highest BCUT2D eigenvalue weighted by Crippen LogP contribution is 2.29. The zero-order chi connectivity index (χ0) is 17.0. The smallest absolute Gasteiger partial charge is 0.337 e. The highest BCUT2D eigenvalue weighted by Gasteiger charge is 2.30. The third-order valence-electron chi connectivity index (χ3n) is 3.39. The normalized spacial score (nSPS) is 11.3. The van der Waals surface area contributed by atoms with Crippen LogP contribution in [0, 0.1) is 0 Å². The molecule has 23 heavy (non-hydrogen) atoms. The van der Waals surface area contributed by atoms with Crippen LogP contribution >= 0.6 is 11.8 Å². The van der Waals surface area contributed by atoms with E-state index in [9.17, 15) is 18.0 Å². The summed E-state index contributed by atoms with van der Waals surface area (Å²) in [5.41, 5.74) is 0.549. The van der Waals surface area contributed by atoms with Crippen LogP contribution in [0.15, 0.2) is 53.4 Å². The number of carbonyl (C=O) groups is 1. The number of hydrogen-bond acceptors (Lipinski definition) is 2. The molecule has 0 aromatic heterocycles. The number of halogens is 3. The lowest BCUT2D eigenvalue weighted by molar-refractivity contribution is -0.137. The van der Waals surface area contributed by atoms with Gasteiger partial charge in [0, 0.05) is 18.5 Å². The Balaban J connectivity index is 2.12. The molecule has 2 rings (SSSR count). The van der Waals surface area contributed by atoms with Gasteiger partial charge in [-0.3, -0.25) is 4.79 Å². The Morgan fingerprint density at radius 2 is 1.70 bits per heavy atom. The molecule has 0 saturated heterocycles. The zero-order valence-corrected chi connectivity index (χ0v) is 13.5. The third kappa shape index (κ3) is 4.28. The highest BCUT2D eigenvalue weighted by molar-refractivity contribution is 7.98. The number of nitrogens with zero attached hydrogens (tertiary/aromatic N) is 1. The van der Waals surface area contributed by atoms with Crippen molar-refractivity contribution in [2.75, 3.05) is 13.3 Å². The van der Waals surface area contributed by atoms with Crippen LogP contribution in [0.2, 0.25) is 0 Å². The molecule has 0 saturated carbocycles. The number of rotatable bonds is 4. The van der Waals surface area contributed by atoms with Gasteiger partial charge >= 0.3 is 6.18 Å². The monoisotopic (exact) mass is 339 g/mol. The third-order valence-corrected chi connectivity index (χ3v) is 4.18. The molecular weight excluding hydrogens is 323 g/mol. The van der Waals surface area contributed by atoms with Gasteiger partial charge in [-0.1, -0.05) is 24.3 Å². The summed E-state index contributed by atoms with van der Waals surface area (Å²) < 4.78 is 37.6. The molecule has 122 valence electrons. The number of hydrogen-bond donors (Lipinski definition) is 0. The molecule has 0 radical (unpaired) electrons. The molecule has 2 aromatic rings. The summed E-state index contributed by atoms with van der Waals surface area (Å²) in [5, 5.41) is 0. The standard InChI is InChI=1S/C17H16F3NOS/c1-21(16(22)14-5-3-4-6-15(14)23-2)11-12-7-9-13(10-8-12)17(18,19)20/h3-10H,11H2,1-2H3. The molecule has 6 heteroatoms. The number of thioether (sulfide) groups is 1. The summed E-state index contributed by atoms with van der Waals surface area (Å²) in [4.78, 5) is 14.9. The molecule has 0 aliphatic carbocycles. The summed E-state index contributed by atoms with van der Waals surface area (Å²) >= 11 is 1.48. The molecule has 0 aliphatic rings. The van der Waals surface area contributed by atoms with Gasteiger partial charge in [0.15, 0.2) is 0 Å². The van der Waals surface area contributed by atoms with Crippen molar-refractivity contribution in [2.24, 2.45) is 0 Å². The molecule has 2 aromatic carbocycles. The van der Waals surface area contributed by atoms with E-state index in [4.69, 9.17) is 0 Å². The van der Waals surface area contributed by atoms with E-state index in [-0.39, 0.29) is 12.5 Å². The van der Waals surface area contributed by atoms with Crippen LogP contribution in [0.1, 0.15) is 21.5 Å². The predicted octanol–water partition coefficient (Wildman–Crippen LogP) is 4.70. The quantitative estimate of drug-likeness (QED) is 0.753. The van der Waals surface area contributed by atoms with E-state index >= 15 is 0 Å². The first kappa shape index (κ1) is 17.4. The Kier molecular flexibility index (Phi) is 5.36. The van der Waals surface area contributed by atoms with Crippen molar-refractivity contribution >= 4 is 17.7 Å². The fraction of sp³-hybridized carbons (Fsp3) is 0.235. The van der Waals surface area contributed by atoms with E-state index in [1.54, 1.807) is 19.2 Å². The summed E-state index contributed by atoms with van der Waals surface area (Å²) in [6.07, 6.45) is -2.46. The summed E-state index contributed by atoms with van der Waals surface area (Å²) in [7, 11) is 1.64. The summed E-state index contributed by atoms with van der Waals surface area (Å²) in [5.74, 6) is -0.158. The van der Waals surface area contributed by atoms with Gasteiger partial charge in [-0.15, -0.1) is 11.8 Å². The van der Waals surface area contributed by atoms with Crippen molar-refractivity contribution in [3.8, 4) is 0 Å². The molecule has 0 heterocycles. The first-order valence-corrected chi connectivity index (χ1v) is 8.10. The molecule has 0 N–H and O–H groups in total. The molecule has 0 aliphatic heterocycles. The fourth-order valence-electron chi connectivity index (χ4n) is 2.17. The summed E-state index contributed by atoms with van der Waals surface area (Å²) in [6.45, 7) is 0.250. The molecule has 2 nitrogen and oxygen atoms in total. The Morgan fingerprint density at radius 1 is 1.09 bits per heavy atom. The molecule has 0 bridgehead atoms. The Hall–Kier alpha value is -1.95. The first-order valence-electron chi connectivity index (χ1n) is 6.87. The predicted molar refractivity (Wildman–Crippen MR) is 85.5 cm³/mol. The van der Waals surface area contributed by atoms with Crippen LogP contribution in [0.4, 0.5) is 13.2 Å². The lowest BCUT2D eigenvalue weighted by atomic mass is 10.1. The van der Waals surface area contributed by atoms with Gasteiger partial charge in [-0.2, -0.15) is 13.2 Å². The van der Waals surface area contributed by atoms with E-state index in [1.807, 2.05) is 18.4 Å². The molecule has 1 amide bonds. The molecule has 0 atom stereocenters. The maximum Gasteiger partial charge on any atom is 0.416 e. The van der Waals surface area contributed by atoms with Crippen LogP contribution in [0.5, 0.6) is 0 Å². The minimum absolute atomic E-state index is 0.158. The largest absolute Gasteiger partial charge is 0.416 e. The first-order chi connectivity index (χ1) is 10.8. The SMILES string of the molecule is CSc1ccccc1C(=O)N(C)Cc1ccc(C(F)(F)F)cc1. The van der Waals surface area contributed by atoms with E-state index in [2.05, 4.69) is 0 Å². The average Bonchev–Trinajstić information content (AvgIpc) is 2.53. The summed E-state index contributed by atoms with van der Waals surface area (Å²) in [6, 6.07) is 12.1. The van der Waals surface area contributed by atoms with E-state index in [0.29, 0.717) is 11.1 Å². The van der Waals surface area contributed by atoms with E-state index < -0.39 is 11.7 Å². The zero-order valence-electron chi connectivity index (χ0n) is 12.7. The van der Waals surface area contributed by atoms with Crippen LogP contribution < -0.4 is 0 Å². The minimum atomic E-state index is -4.35. The second-order valence-corrected chi connectivity index (χ2v) is 5.90. The lowest BCUT2D eigenvalue weighted by Gasteiger charge is -2.19. The van der Waals surface area contributed by atoms with Crippen molar-refractivity contribution in [1.29, 1.82) is 0 Å². The second-order valence-electron chi connectivity index (χ2n) is 5.06. The van der Waals surface area contributed by atoms with Gasteiger partial charge in [-0.05, 0) is 36.1 Å². The molecule has 0 unspecified atom stereocenters. The number of alkyl halides is 3. The Bertz CT molecular complexity index is 683. The highest BCUT2D eigenvalue weighted by atomic mass is 32.2. The van der Waals surface area contributed by atoms with Gasteiger partial charge in [0.1, 0.15) is 0 Å². The van der Waals surface area contributed by atoms with E-state index in [1.165, 1.54) is 28.8 Å². The van der Waals surface area contributed by atoms with Crippen LogP contribution in [-0.2, 0) is 12.7 Å². The number of amides is 1. The van der Waals surface area contributed by atoms with Gasteiger partial charge in [-0.25, -0.2) is 0 Å². The average molecular weight is 339 g/mol. The van der Waals surface area contributed by atoms with Gasteiger partial charge in [0.25, 0.3) is 5.91 Å². The minimum Gasteiger partial charge on any atom is -0.337 e. The van der Waals surface area contributed by atoms with Gasteiger partial charge in [0.2, 0.25) is 0 Å². The molecular formula is C17H16F3NOS. The topological polar surface area (TPSA) is 20.3 Å². The Labute approximate surface area is 137 Å². The fourth-order valence-corrected chi connectivity index (χ4v) is 2.76. The van der Waals surface area contributed by atoms with Gasteiger partial charge < -0.3 is 4.90 Å². The lowest BCUT2D eigenvalue weighted by Crippen LogP contribution is -2.26. The van der Waals surface area contributed by atoms with Crippen molar-refractivity contribution in [3.05, 3.63) is 65.2 Å². The van der Waals surface area contributed by atoms with Gasteiger partial charge in [0.05, 0.1) is 11.1 Å². The second kappa shape index (κ2) is 7.08. The van der Waals surface area contributed by atoms with Crippen LogP contribution in [-0.4, -0.2) is 24.1 Å².